The van der Waals surface area contributed by atoms with Gasteiger partial charge in [0.15, 0.2) is 5.16 Å². The van der Waals surface area contributed by atoms with Crippen LogP contribution in [0.4, 0.5) is 0 Å². The maximum absolute atomic E-state index is 10.7. The Labute approximate surface area is 116 Å². The minimum atomic E-state index is -0.835. The first kappa shape index (κ1) is 14.3. The number of carbonyl (C=O) groups is 1. The fourth-order valence-corrected chi connectivity index (χ4v) is 2.89. The van der Waals surface area contributed by atoms with Crippen molar-refractivity contribution < 1.29 is 14.6 Å². The summed E-state index contributed by atoms with van der Waals surface area (Å²) >= 11 is 1.23. The van der Waals surface area contributed by atoms with Crippen LogP contribution in [-0.4, -0.2) is 44.8 Å². The van der Waals surface area contributed by atoms with Crippen LogP contribution >= 0.6 is 11.8 Å². The van der Waals surface area contributed by atoms with Gasteiger partial charge in [-0.05, 0) is 12.8 Å². The van der Waals surface area contributed by atoms with Crippen molar-refractivity contribution in [2.75, 3.05) is 19.0 Å². The Balaban J connectivity index is 2.06. The topological polar surface area (TPSA) is 77.2 Å². The SMILES string of the molecule is CCc1nnc(SCC(=O)O)n1CC1CCCOC1. The Hall–Kier alpha value is -1.08. The minimum Gasteiger partial charge on any atom is -0.481 e. The van der Waals surface area contributed by atoms with Crippen LogP contribution < -0.4 is 0 Å². The maximum atomic E-state index is 10.7. The molecule has 0 amide bonds. The van der Waals surface area contributed by atoms with Gasteiger partial charge < -0.3 is 14.4 Å². The molecule has 1 saturated heterocycles. The Kier molecular flexibility index (Phi) is 5.21. The van der Waals surface area contributed by atoms with Gasteiger partial charge >= 0.3 is 5.97 Å². The van der Waals surface area contributed by atoms with Crippen molar-refractivity contribution >= 4 is 17.7 Å². The van der Waals surface area contributed by atoms with Crippen molar-refractivity contribution in [2.45, 2.75) is 37.9 Å². The number of rotatable bonds is 6. The van der Waals surface area contributed by atoms with Crippen LogP contribution in [0.15, 0.2) is 5.16 Å². The van der Waals surface area contributed by atoms with Gasteiger partial charge in [0.2, 0.25) is 0 Å². The Morgan fingerprint density at radius 3 is 3.05 bits per heavy atom. The second-order valence-electron chi connectivity index (χ2n) is 4.63. The number of carboxylic acids is 1. The highest BCUT2D eigenvalue weighted by Crippen LogP contribution is 2.22. The van der Waals surface area contributed by atoms with Gasteiger partial charge in [-0.15, -0.1) is 10.2 Å². The second-order valence-corrected chi connectivity index (χ2v) is 5.57. The first-order valence-corrected chi connectivity index (χ1v) is 7.53. The van der Waals surface area contributed by atoms with Crippen molar-refractivity contribution in [3.63, 3.8) is 0 Å². The van der Waals surface area contributed by atoms with Gasteiger partial charge in [-0.3, -0.25) is 4.79 Å². The Morgan fingerprint density at radius 2 is 2.42 bits per heavy atom. The molecule has 0 radical (unpaired) electrons. The van der Waals surface area contributed by atoms with E-state index < -0.39 is 5.97 Å². The van der Waals surface area contributed by atoms with Crippen molar-refractivity contribution in [1.29, 1.82) is 0 Å². The summed E-state index contributed by atoms with van der Waals surface area (Å²) in [6, 6.07) is 0. The molecule has 1 aromatic heterocycles. The van der Waals surface area contributed by atoms with E-state index >= 15 is 0 Å². The molecule has 1 fully saturated rings. The number of ether oxygens (including phenoxy) is 1. The third kappa shape index (κ3) is 3.94. The zero-order chi connectivity index (χ0) is 13.7. The molecule has 1 aromatic rings. The molecule has 0 bridgehead atoms. The van der Waals surface area contributed by atoms with E-state index in [0.717, 1.165) is 44.8 Å². The van der Waals surface area contributed by atoms with Gasteiger partial charge in [0.1, 0.15) is 5.82 Å². The molecule has 0 aromatic carbocycles. The normalized spacial score (nSPS) is 19.5. The molecular weight excluding hydrogens is 266 g/mol. The lowest BCUT2D eigenvalue weighted by molar-refractivity contribution is -0.133. The molecule has 1 aliphatic heterocycles. The van der Waals surface area contributed by atoms with Crippen LogP contribution in [0.3, 0.4) is 0 Å². The van der Waals surface area contributed by atoms with Crippen LogP contribution in [0.1, 0.15) is 25.6 Å². The number of aliphatic carboxylic acids is 1. The molecule has 1 atom stereocenters. The molecule has 0 saturated carbocycles. The van der Waals surface area contributed by atoms with E-state index in [0.29, 0.717) is 11.1 Å². The molecule has 19 heavy (non-hydrogen) atoms. The Morgan fingerprint density at radius 1 is 1.58 bits per heavy atom. The maximum Gasteiger partial charge on any atom is 0.313 e. The lowest BCUT2D eigenvalue weighted by Gasteiger charge is -2.23. The average Bonchev–Trinajstić information content (AvgIpc) is 2.80. The fourth-order valence-electron chi connectivity index (χ4n) is 2.21. The number of hydrogen-bond donors (Lipinski definition) is 1. The van der Waals surface area contributed by atoms with Gasteiger partial charge in [-0.2, -0.15) is 0 Å². The highest BCUT2D eigenvalue weighted by molar-refractivity contribution is 7.99. The van der Waals surface area contributed by atoms with Gasteiger partial charge in [-0.1, -0.05) is 18.7 Å². The molecule has 2 heterocycles. The van der Waals surface area contributed by atoms with Crippen molar-refractivity contribution in [1.82, 2.24) is 14.8 Å². The van der Waals surface area contributed by atoms with Crippen LogP contribution in [0.5, 0.6) is 0 Å². The molecule has 0 spiro atoms. The predicted molar refractivity (Wildman–Crippen MR) is 71.3 cm³/mol. The quantitative estimate of drug-likeness (QED) is 0.797. The lowest BCUT2D eigenvalue weighted by Crippen LogP contribution is -2.23. The number of aromatic nitrogens is 3. The predicted octanol–water partition coefficient (Wildman–Crippen LogP) is 1.44. The average molecular weight is 285 g/mol. The van der Waals surface area contributed by atoms with Crippen molar-refractivity contribution in [2.24, 2.45) is 5.92 Å². The van der Waals surface area contributed by atoms with Crippen LogP contribution in [0.25, 0.3) is 0 Å². The van der Waals surface area contributed by atoms with Gasteiger partial charge in [0.25, 0.3) is 0 Å². The molecule has 2 rings (SSSR count). The number of thioether (sulfide) groups is 1. The smallest absolute Gasteiger partial charge is 0.313 e. The van der Waals surface area contributed by atoms with E-state index in [9.17, 15) is 4.79 Å². The molecule has 1 unspecified atom stereocenters. The molecule has 0 aliphatic carbocycles. The van der Waals surface area contributed by atoms with E-state index in [2.05, 4.69) is 10.2 Å². The second kappa shape index (κ2) is 6.91. The zero-order valence-corrected chi connectivity index (χ0v) is 11.9. The third-order valence-electron chi connectivity index (χ3n) is 3.13. The number of aryl methyl sites for hydroxylation is 1. The van der Waals surface area contributed by atoms with Crippen LogP contribution in [0.2, 0.25) is 0 Å². The highest BCUT2D eigenvalue weighted by atomic mass is 32.2. The summed E-state index contributed by atoms with van der Waals surface area (Å²) in [4.78, 5) is 10.7. The monoisotopic (exact) mass is 285 g/mol. The molecule has 7 heteroatoms. The van der Waals surface area contributed by atoms with Gasteiger partial charge in [0.05, 0.1) is 12.4 Å². The number of carboxylic acid groups (broad SMARTS) is 1. The summed E-state index contributed by atoms with van der Waals surface area (Å²) in [6.45, 7) is 4.46. The third-order valence-corrected chi connectivity index (χ3v) is 4.08. The molecule has 1 N–H and O–H groups in total. The van der Waals surface area contributed by atoms with E-state index in [-0.39, 0.29) is 5.75 Å². The molecule has 1 aliphatic rings. The van der Waals surface area contributed by atoms with Gasteiger partial charge in [-0.25, -0.2) is 0 Å². The van der Waals surface area contributed by atoms with E-state index in [1.807, 2.05) is 11.5 Å². The standard InChI is InChI=1S/C12H19N3O3S/c1-2-10-13-14-12(19-8-11(16)17)15(10)6-9-4-3-5-18-7-9/h9H,2-8H2,1H3,(H,16,17). The lowest BCUT2D eigenvalue weighted by atomic mass is 10.0. The summed E-state index contributed by atoms with van der Waals surface area (Å²) < 4.78 is 7.54. The molecule has 6 nitrogen and oxygen atoms in total. The summed E-state index contributed by atoms with van der Waals surface area (Å²) in [7, 11) is 0. The van der Waals surface area contributed by atoms with E-state index in [1.54, 1.807) is 0 Å². The number of nitrogens with zero attached hydrogens (tertiary/aromatic N) is 3. The van der Waals surface area contributed by atoms with Crippen LogP contribution in [0, 0.1) is 5.92 Å². The summed E-state index contributed by atoms with van der Waals surface area (Å²) in [6.07, 6.45) is 3.03. The van der Waals surface area contributed by atoms with Crippen molar-refractivity contribution in [3.8, 4) is 0 Å². The minimum absolute atomic E-state index is 0.0169. The van der Waals surface area contributed by atoms with E-state index in [4.69, 9.17) is 9.84 Å². The largest absolute Gasteiger partial charge is 0.481 e. The zero-order valence-electron chi connectivity index (χ0n) is 11.0. The first-order valence-electron chi connectivity index (χ1n) is 6.55. The number of hydrogen-bond acceptors (Lipinski definition) is 5. The van der Waals surface area contributed by atoms with Gasteiger partial charge in [0, 0.05) is 25.5 Å². The van der Waals surface area contributed by atoms with Crippen molar-refractivity contribution in [3.05, 3.63) is 5.82 Å². The van der Waals surface area contributed by atoms with E-state index in [1.165, 1.54) is 11.8 Å². The summed E-state index contributed by atoms with van der Waals surface area (Å²) in [5.41, 5.74) is 0. The van der Waals surface area contributed by atoms with Crippen LogP contribution in [-0.2, 0) is 22.5 Å². The highest BCUT2D eigenvalue weighted by Gasteiger charge is 2.19. The summed E-state index contributed by atoms with van der Waals surface area (Å²) in [5, 5.41) is 17.7. The fraction of sp³-hybridized carbons (Fsp3) is 0.750. The first-order chi connectivity index (χ1) is 9.20. The summed E-state index contributed by atoms with van der Waals surface area (Å²) in [5.74, 6) is 0.569. The molecular formula is C12H19N3O3S. The Bertz CT molecular complexity index is 430. The molecule has 106 valence electrons.